The van der Waals surface area contributed by atoms with Crippen molar-refractivity contribution in [3.05, 3.63) is 0 Å². The van der Waals surface area contributed by atoms with E-state index in [0.717, 1.165) is 19.3 Å². The Morgan fingerprint density at radius 3 is 2.29 bits per heavy atom. The summed E-state index contributed by atoms with van der Waals surface area (Å²) in [6.45, 7) is 2.87. The van der Waals surface area contributed by atoms with Gasteiger partial charge in [0.2, 0.25) is 0 Å². The summed E-state index contributed by atoms with van der Waals surface area (Å²) in [6, 6.07) is 0.532. The van der Waals surface area contributed by atoms with Crippen LogP contribution < -0.4 is 0 Å². The zero-order valence-electron chi connectivity index (χ0n) is 10.5. The van der Waals surface area contributed by atoms with Gasteiger partial charge in [-0.25, -0.2) is 0 Å². The maximum Gasteiger partial charge on any atom is 0.302 e. The van der Waals surface area contributed by atoms with Gasteiger partial charge >= 0.3 is 11.9 Å². The van der Waals surface area contributed by atoms with Crippen LogP contribution in [0.2, 0.25) is 0 Å². The molecule has 4 atom stereocenters. The van der Waals surface area contributed by atoms with E-state index in [1.54, 1.807) is 0 Å². The highest BCUT2D eigenvalue weighted by atomic mass is 16.6. The predicted octanol–water partition coefficient (Wildman–Crippen LogP) is 0.716. The summed E-state index contributed by atoms with van der Waals surface area (Å²) in [5, 5.41) is 0. The Morgan fingerprint density at radius 1 is 1.06 bits per heavy atom. The highest BCUT2D eigenvalue weighted by Crippen LogP contribution is 2.37. The van der Waals surface area contributed by atoms with Gasteiger partial charge in [0.1, 0.15) is 12.2 Å². The molecule has 0 amide bonds. The molecule has 0 aromatic carbocycles. The molecule has 5 heteroatoms. The molecule has 2 heterocycles. The first-order valence-electron chi connectivity index (χ1n) is 6.03. The van der Waals surface area contributed by atoms with Crippen LogP contribution in [-0.4, -0.2) is 48.2 Å². The molecule has 2 rings (SSSR count). The van der Waals surface area contributed by atoms with Crippen LogP contribution in [0.1, 0.15) is 33.1 Å². The second-order valence-corrected chi connectivity index (χ2v) is 4.97. The molecule has 0 aromatic heterocycles. The molecule has 0 unspecified atom stereocenters. The van der Waals surface area contributed by atoms with Crippen LogP contribution in [0.4, 0.5) is 0 Å². The number of rotatable bonds is 2. The Kier molecular flexibility index (Phi) is 3.38. The smallest absolute Gasteiger partial charge is 0.302 e. The molecule has 0 spiro atoms. The number of ether oxygens (including phenoxy) is 2. The molecule has 96 valence electrons. The minimum absolute atomic E-state index is 0.0285. The lowest BCUT2D eigenvalue weighted by Crippen LogP contribution is -2.45. The van der Waals surface area contributed by atoms with Gasteiger partial charge < -0.3 is 9.47 Å². The average molecular weight is 241 g/mol. The van der Waals surface area contributed by atoms with Gasteiger partial charge in [-0.15, -0.1) is 0 Å². The van der Waals surface area contributed by atoms with Crippen LogP contribution in [0.3, 0.4) is 0 Å². The molecule has 2 aliphatic rings. The lowest BCUT2D eigenvalue weighted by molar-refractivity contribution is -0.153. The van der Waals surface area contributed by atoms with Gasteiger partial charge in [0.05, 0.1) is 6.04 Å². The van der Waals surface area contributed by atoms with Crippen LogP contribution in [0.25, 0.3) is 0 Å². The first-order chi connectivity index (χ1) is 7.97. The summed E-state index contributed by atoms with van der Waals surface area (Å²) >= 11 is 0. The van der Waals surface area contributed by atoms with E-state index in [1.165, 1.54) is 13.8 Å². The second-order valence-electron chi connectivity index (χ2n) is 4.97. The highest BCUT2D eigenvalue weighted by Gasteiger charge is 2.47. The molecular formula is C12H19NO4. The Balaban J connectivity index is 2.01. The number of likely N-dealkylation sites (N-methyl/N-ethyl adjacent to an activating group) is 1. The molecule has 2 saturated heterocycles. The molecule has 0 N–H and O–H groups in total. The van der Waals surface area contributed by atoms with Crippen molar-refractivity contribution in [2.75, 3.05) is 7.05 Å². The molecule has 0 radical (unpaired) electrons. The minimum atomic E-state index is -0.236. The van der Waals surface area contributed by atoms with E-state index in [4.69, 9.17) is 9.47 Å². The molecule has 2 fully saturated rings. The monoisotopic (exact) mass is 241 g/mol. The van der Waals surface area contributed by atoms with Gasteiger partial charge in [0.15, 0.2) is 0 Å². The van der Waals surface area contributed by atoms with Gasteiger partial charge in [-0.1, -0.05) is 0 Å². The number of hydrogen-bond acceptors (Lipinski definition) is 5. The summed E-state index contributed by atoms with van der Waals surface area (Å²) in [5.41, 5.74) is 0. The first kappa shape index (κ1) is 12.4. The molecular weight excluding hydrogens is 222 g/mol. The van der Waals surface area contributed by atoms with Crippen molar-refractivity contribution in [1.82, 2.24) is 4.90 Å². The Morgan fingerprint density at radius 2 is 1.71 bits per heavy atom. The van der Waals surface area contributed by atoms with Gasteiger partial charge in [-0.2, -0.15) is 0 Å². The maximum absolute atomic E-state index is 11.0. The number of hydrogen-bond donors (Lipinski definition) is 0. The number of carbonyl (C=O) groups excluding carboxylic acids is 2. The van der Waals surface area contributed by atoms with E-state index in [9.17, 15) is 9.59 Å². The largest absolute Gasteiger partial charge is 0.462 e. The summed E-state index contributed by atoms with van der Waals surface area (Å²) in [4.78, 5) is 24.2. The summed E-state index contributed by atoms with van der Waals surface area (Å²) in [7, 11) is 2.04. The second kappa shape index (κ2) is 4.64. The third-order valence-corrected chi connectivity index (χ3v) is 3.72. The number of fused-ring (bicyclic) bond motifs is 2. The van der Waals surface area contributed by atoms with Crippen LogP contribution >= 0.6 is 0 Å². The Hall–Kier alpha value is -1.10. The Labute approximate surface area is 101 Å². The number of carbonyl (C=O) groups is 2. The van der Waals surface area contributed by atoms with Gasteiger partial charge in [0, 0.05) is 39.2 Å². The summed E-state index contributed by atoms with van der Waals surface area (Å²) in [5.74, 6) is -0.469. The fraction of sp³-hybridized carbons (Fsp3) is 0.833. The van der Waals surface area contributed by atoms with Gasteiger partial charge in [-0.3, -0.25) is 14.5 Å². The lowest BCUT2D eigenvalue weighted by Gasteiger charge is -2.36. The minimum Gasteiger partial charge on any atom is -0.462 e. The van der Waals surface area contributed by atoms with Crippen molar-refractivity contribution >= 4 is 11.9 Å². The van der Waals surface area contributed by atoms with Crippen molar-refractivity contribution in [2.24, 2.45) is 0 Å². The maximum atomic E-state index is 11.0. The lowest BCUT2D eigenvalue weighted by atomic mass is 10.0. The van der Waals surface area contributed by atoms with Gasteiger partial charge in [0.25, 0.3) is 0 Å². The normalized spacial score (nSPS) is 36.6. The van der Waals surface area contributed by atoms with Crippen molar-refractivity contribution in [1.29, 1.82) is 0 Å². The van der Waals surface area contributed by atoms with Crippen LogP contribution in [0.5, 0.6) is 0 Å². The van der Waals surface area contributed by atoms with Crippen molar-refractivity contribution in [3.8, 4) is 0 Å². The Bertz CT molecular complexity index is 328. The quantitative estimate of drug-likeness (QED) is 0.667. The van der Waals surface area contributed by atoms with E-state index in [2.05, 4.69) is 4.90 Å². The van der Waals surface area contributed by atoms with Gasteiger partial charge in [-0.05, 0) is 7.05 Å². The van der Waals surface area contributed by atoms with E-state index in [0.29, 0.717) is 6.04 Å². The molecule has 5 nitrogen and oxygen atoms in total. The van der Waals surface area contributed by atoms with Crippen molar-refractivity contribution < 1.29 is 19.1 Å². The number of esters is 2. The summed E-state index contributed by atoms with van der Waals surface area (Å²) in [6.07, 6.45) is 2.36. The average Bonchev–Trinajstić information content (AvgIpc) is 2.40. The van der Waals surface area contributed by atoms with Crippen molar-refractivity contribution in [2.45, 2.75) is 57.4 Å². The highest BCUT2D eigenvalue weighted by molar-refractivity contribution is 5.66. The molecule has 2 bridgehead atoms. The standard InChI is InChI=1S/C12H19NO4/c1-7(14)16-10-4-9-5-12(17-8(2)15)11(6-10)13(9)3/h9-12H,4-6H2,1-3H3/t9-,10-,11+,12-/m1/s1. The molecule has 17 heavy (non-hydrogen) atoms. The summed E-state index contributed by atoms with van der Waals surface area (Å²) < 4.78 is 10.6. The number of piperidine rings is 1. The molecule has 2 aliphatic heterocycles. The molecule has 0 aromatic rings. The first-order valence-corrected chi connectivity index (χ1v) is 6.03. The van der Waals surface area contributed by atoms with Crippen LogP contribution in [0, 0.1) is 0 Å². The third-order valence-electron chi connectivity index (χ3n) is 3.72. The van der Waals surface area contributed by atoms with E-state index in [1.807, 2.05) is 7.05 Å². The molecule has 0 aliphatic carbocycles. The van der Waals surface area contributed by atoms with Crippen LogP contribution in [-0.2, 0) is 19.1 Å². The topological polar surface area (TPSA) is 55.8 Å². The fourth-order valence-electron chi connectivity index (χ4n) is 3.04. The van der Waals surface area contributed by atoms with E-state index >= 15 is 0 Å². The zero-order chi connectivity index (χ0) is 12.6. The SMILES string of the molecule is CC(=O)O[C@@H]1C[C@@H]2C[C@@H](OC(C)=O)[C@H](C1)N2C. The van der Waals surface area contributed by atoms with Crippen LogP contribution in [0.15, 0.2) is 0 Å². The van der Waals surface area contributed by atoms with Crippen molar-refractivity contribution in [3.63, 3.8) is 0 Å². The van der Waals surface area contributed by atoms with E-state index in [-0.39, 0.29) is 30.2 Å². The number of nitrogens with zero attached hydrogens (tertiary/aromatic N) is 1. The zero-order valence-corrected chi connectivity index (χ0v) is 10.5. The third kappa shape index (κ3) is 2.60. The fourth-order valence-corrected chi connectivity index (χ4v) is 3.04. The predicted molar refractivity (Wildman–Crippen MR) is 60.3 cm³/mol. The van der Waals surface area contributed by atoms with E-state index < -0.39 is 0 Å². The molecule has 0 saturated carbocycles.